The van der Waals surface area contributed by atoms with Crippen LogP contribution in [0.15, 0.2) is 128 Å². The van der Waals surface area contributed by atoms with E-state index in [1.54, 1.807) is 187 Å². The van der Waals surface area contributed by atoms with E-state index in [-0.39, 0.29) is 47.3 Å². The third-order valence-corrected chi connectivity index (χ3v) is 29.0. The first kappa shape index (κ1) is 108. The van der Waals surface area contributed by atoms with E-state index in [2.05, 4.69) is 76.8 Å². The number of methoxy groups -OCH3 is 6. The van der Waals surface area contributed by atoms with Crippen molar-refractivity contribution in [2.45, 2.75) is 189 Å². The van der Waals surface area contributed by atoms with Crippen LogP contribution in [-0.2, 0) is 33.4 Å². The summed E-state index contributed by atoms with van der Waals surface area (Å²) in [6, 6.07) is 31.6. The Morgan fingerprint density at radius 1 is 0.365 bits per heavy atom. The van der Waals surface area contributed by atoms with Crippen molar-refractivity contribution >= 4 is 146 Å². The Labute approximate surface area is 866 Å². The summed E-state index contributed by atoms with van der Waals surface area (Å²) in [4.78, 5) is 159. The molecule has 5 fully saturated rings. The second kappa shape index (κ2) is 47.7. The fraction of sp³-hybridized carbons (Fsp3) is 0.505. The minimum Gasteiger partial charge on any atom is -0.495 e. The van der Waals surface area contributed by atoms with Gasteiger partial charge in [-0.1, -0.05) is 69.6 Å². The van der Waals surface area contributed by atoms with E-state index in [1.165, 1.54) is 51.4 Å². The van der Waals surface area contributed by atoms with Crippen LogP contribution < -0.4 is 95.4 Å². The predicted molar refractivity (Wildman–Crippen MR) is 575 cm³/mol. The van der Waals surface area contributed by atoms with Gasteiger partial charge < -0.3 is 114 Å². The van der Waals surface area contributed by atoms with E-state index < -0.39 is 21.7 Å². The van der Waals surface area contributed by atoms with Crippen molar-refractivity contribution in [1.29, 1.82) is 0 Å². The smallest absolute Gasteiger partial charge is 0.255 e. The van der Waals surface area contributed by atoms with Gasteiger partial charge in [0, 0.05) is 153 Å². The second-order valence-electron chi connectivity index (χ2n) is 41.6. The first-order valence-electron chi connectivity index (χ1n) is 51.3. The van der Waals surface area contributed by atoms with Crippen LogP contribution in [0, 0.1) is 21.7 Å². The van der Waals surface area contributed by atoms with Gasteiger partial charge in [-0.3, -0.25) is 38.4 Å². The molecule has 5 aliphatic heterocycles. The Morgan fingerprint density at radius 3 is 0.946 bits per heavy atom. The zero-order valence-corrected chi connectivity index (χ0v) is 88.7. The number of nitrogens with zero attached hydrogens (tertiary/aromatic N) is 17. The first-order valence-corrected chi connectivity index (χ1v) is 51.3. The molecule has 4 saturated carbocycles. The number of hydrogen-bond donors (Lipinski definition) is 7. The highest BCUT2D eigenvalue weighted by Gasteiger charge is 2.47. The number of carbonyl (C=O) groups is 8. The summed E-state index contributed by atoms with van der Waals surface area (Å²) < 4.78 is 37.7. The SMILES string of the molecule is COCCCNC(=O)c1ccc(Nc2ncc3c(n2)N(C2CCCC2)CC(C)(C)C(=O)N3C)c(OC)c1.COCCNC(=O)c1ccc(Nc2ncc3c(n2)N(C2CCCC2)CC(C)(C)C(=O)N3C)c(OC)c1.COc1cc(C(=O)N2CCOCC2)ccc1Nc1ncc2c(n1)N(C1CCCC1)CC(C)(C)C(=O)N2C.COc1cc(C(=O)Nc2ccccc2)ccc1Nc1ncc2c(n1)N(C1CCCC1)CC(C)(C)C(=O)N2C. The van der Waals surface area contributed by atoms with Crippen LogP contribution in [0.4, 0.5) is 98.3 Å². The fourth-order valence-corrected chi connectivity index (χ4v) is 20.9. The highest BCUT2D eigenvalue weighted by molar-refractivity contribution is 6.07. The summed E-state index contributed by atoms with van der Waals surface area (Å²) in [5, 5.41) is 21.6. The standard InChI is InChI=1S/C29H34N6O3.C27H36N6O4.C27H38N6O4.C26H36N6O4/c1-29(2)18-35(21-12-8-9-13-21)25-23(34(3)27(29)37)17-30-28(33-25)32-22-15-14-19(16-24(22)38-4)26(36)31-20-10-6-5-7-11-20;1-27(2)17-33(19-7-5-6-8-19)23-21(31(3)25(27)35)16-28-26(30-23)29-20-10-9-18(15-22(20)36-4)24(34)32-11-13-37-14-12-32;1-27(2)17-33(19-9-6-7-10-19)23-21(32(3)25(27)35)16-29-26(31-23)30-20-12-11-18(15-22(20)37-5)24(34)28-13-8-14-36-4;1-26(2)16-32(18-8-6-7-9-18)22-20(31(3)24(26)34)15-28-25(30-22)29-19-11-10-17(14-21(19)36-5)23(33)27-12-13-35-4/h5-7,10-11,14-17,21H,8-9,12-13,18H2,1-4H3,(H,31,36)(H,30,32,33);9-10,15-16,19H,5-8,11-14,17H2,1-4H3,(H,28,29,30);11-12,15-16,19H,6-10,13-14,17H2,1-5H3,(H,28,34)(H,29,30,31);10-11,14-15,18H,6-9,12-13,16H2,1-5H3,(H,27,33)(H,28,29,30). The summed E-state index contributed by atoms with van der Waals surface area (Å²) in [7, 11) is 16.6. The van der Waals surface area contributed by atoms with Crippen molar-refractivity contribution in [3.8, 4) is 23.0 Å². The number of aromatic nitrogens is 8. The fourth-order valence-electron chi connectivity index (χ4n) is 20.9. The number of rotatable bonds is 28. The molecule has 4 aliphatic carbocycles. The van der Waals surface area contributed by atoms with Crippen molar-refractivity contribution in [1.82, 2.24) is 55.4 Å². The Bertz CT molecular complexity index is 6240. The quantitative estimate of drug-likeness (QED) is 0.0224. The monoisotopic (exact) mass is 2030 g/mol. The van der Waals surface area contributed by atoms with Crippen LogP contribution in [0.1, 0.15) is 206 Å². The molecule has 7 N–H and O–H groups in total. The Morgan fingerprint density at radius 2 is 0.649 bits per heavy atom. The van der Waals surface area contributed by atoms with Gasteiger partial charge in [0.25, 0.3) is 23.6 Å². The van der Waals surface area contributed by atoms with Gasteiger partial charge in [-0.2, -0.15) is 19.9 Å². The van der Waals surface area contributed by atoms with Crippen LogP contribution >= 0.6 is 0 Å². The Balaban J connectivity index is 0.000000148. The number of hydrogen-bond acceptors (Lipinski definition) is 31. The van der Waals surface area contributed by atoms with Gasteiger partial charge in [0.15, 0.2) is 23.3 Å². The van der Waals surface area contributed by atoms with E-state index in [0.29, 0.717) is 217 Å². The zero-order valence-electron chi connectivity index (χ0n) is 88.7. The maximum atomic E-state index is 13.2. The summed E-state index contributed by atoms with van der Waals surface area (Å²) in [6.45, 7) is 22.6. The van der Waals surface area contributed by atoms with Gasteiger partial charge in [0.05, 0.1) is 117 Å². The van der Waals surface area contributed by atoms with E-state index in [1.807, 2.05) is 91.8 Å². The maximum Gasteiger partial charge on any atom is 0.255 e. The zero-order chi connectivity index (χ0) is 105. The molecule has 0 atom stereocenters. The van der Waals surface area contributed by atoms with E-state index in [0.717, 1.165) is 86.7 Å². The normalized spacial score (nSPS) is 18.0. The highest BCUT2D eigenvalue weighted by atomic mass is 16.5. The minimum absolute atomic E-state index is 0.0445. The molecule has 0 radical (unpaired) electrons. The molecule has 5 aromatic carbocycles. The van der Waals surface area contributed by atoms with Crippen molar-refractivity contribution in [2.24, 2.45) is 21.7 Å². The summed E-state index contributed by atoms with van der Waals surface area (Å²) in [5.74, 6) is 6.21. The predicted octanol–water partition coefficient (Wildman–Crippen LogP) is 15.8. The van der Waals surface area contributed by atoms with Crippen molar-refractivity contribution in [2.75, 3.05) is 215 Å². The average Bonchev–Trinajstić information content (AvgIpc) is 1.63. The van der Waals surface area contributed by atoms with Crippen LogP contribution in [0.25, 0.3) is 0 Å². The number of ether oxygens (including phenoxy) is 7. The van der Waals surface area contributed by atoms with E-state index >= 15 is 0 Å². The van der Waals surface area contributed by atoms with Gasteiger partial charge >= 0.3 is 0 Å². The van der Waals surface area contributed by atoms with Gasteiger partial charge in [0.2, 0.25) is 47.4 Å². The minimum atomic E-state index is -0.551. The number of nitrogens with one attached hydrogen (secondary N) is 7. The van der Waals surface area contributed by atoms with Gasteiger partial charge in [-0.25, -0.2) is 19.9 Å². The van der Waals surface area contributed by atoms with Gasteiger partial charge in [0.1, 0.15) is 45.7 Å². The lowest BCUT2D eigenvalue weighted by Gasteiger charge is -2.34. The summed E-state index contributed by atoms with van der Waals surface area (Å²) >= 11 is 0. The molecule has 9 heterocycles. The molecule has 39 nitrogen and oxygen atoms in total. The average molecular weight is 2030 g/mol. The molecule has 39 heteroatoms. The number of morpholine rings is 1. The molecular weight excluding hydrogens is 1890 g/mol. The van der Waals surface area contributed by atoms with Crippen molar-refractivity contribution in [3.63, 3.8) is 0 Å². The molecular formula is C109H144N24O15. The number of benzene rings is 5. The second-order valence-corrected chi connectivity index (χ2v) is 41.6. The summed E-state index contributed by atoms with van der Waals surface area (Å²) in [5.41, 5.74) is 5.94. The van der Waals surface area contributed by atoms with Crippen LogP contribution in [0.5, 0.6) is 23.0 Å². The largest absolute Gasteiger partial charge is 0.495 e. The molecule has 0 bridgehead atoms. The molecule has 18 rings (SSSR count). The molecule has 9 aliphatic rings. The Kier molecular flexibility index (Phi) is 34.7. The number of fused-ring (bicyclic) bond motifs is 4. The molecule has 0 spiro atoms. The topological polar surface area (TPSA) is 418 Å². The Hall–Kier alpha value is -14.3. The number of anilines is 17. The maximum absolute atomic E-state index is 13.2. The molecule has 1 saturated heterocycles. The van der Waals surface area contributed by atoms with Gasteiger partial charge in [-0.15, -0.1) is 0 Å². The molecule has 0 unspecified atom stereocenters. The van der Waals surface area contributed by atoms with E-state index in [9.17, 15) is 38.4 Å². The number of carbonyl (C=O) groups excluding carboxylic acids is 8. The molecule has 790 valence electrons. The van der Waals surface area contributed by atoms with Gasteiger partial charge in [-0.05, 0) is 198 Å². The number of para-hydroxylation sites is 1. The third kappa shape index (κ3) is 24.9. The van der Waals surface area contributed by atoms with Crippen molar-refractivity contribution in [3.05, 3.63) is 150 Å². The van der Waals surface area contributed by atoms with Crippen LogP contribution in [0.2, 0.25) is 0 Å². The van der Waals surface area contributed by atoms with Crippen molar-refractivity contribution < 1.29 is 71.5 Å². The summed E-state index contributed by atoms with van der Waals surface area (Å²) in [6.07, 6.45) is 25.7. The third-order valence-electron chi connectivity index (χ3n) is 29.0. The highest BCUT2D eigenvalue weighted by Crippen LogP contribution is 2.48. The van der Waals surface area contributed by atoms with Crippen LogP contribution in [-0.4, -0.2) is 266 Å². The number of amides is 8. The molecule has 148 heavy (non-hydrogen) atoms. The van der Waals surface area contributed by atoms with Crippen LogP contribution in [0.3, 0.4) is 0 Å². The van der Waals surface area contributed by atoms with E-state index in [4.69, 9.17) is 53.1 Å². The first-order chi connectivity index (χ1) is 71.0. The lowest BCUT2D eigenvalue weighted by Crippen LogP contribution is -2.45. The molecule has 9 aromatic rings. The lowest BCUT2D eigenvalue weighted by molar-refractivity contribution is -0.126. The lowest BCUT2D eigenvalue weighted by atomic mass is 9.91. The molecule has 8 amide bonds. The molecule has 4 aromatic heterocycles.